The predicted octanol–water partition coefficient (Wildman–Crippen LogP) is 4.04. The molecule has 46 heavy (non-hydrogen) atoms. The third-order valence-electron chi connectivity index (χ3n) is 9.51. The van der Waals surface area contributed by atoms with Crippen LogP contribution in [0.5, 0.6) is 0 Å². The Balaban J connectivity index is 1.60. The lowest BCUT2D eigenvalue weighted by atomic mass is 9.74. The molecule has 5 bridgehead atoms. The lowest BCUT2D eigenvalue weighted by molar-refractivity contribution is -0.160. The molecule has 0 saturated carbocycles. The number of amides is 3. The minimum Gasteiger partial charge on any atom is -0.455 e. The Kier molecular flexibility index (Phi) is 11.1. The van der Waals surface area contributed by atoms with E-state index in [2.05, 4.69) is 28.2 Å². The zero-order chi connectivity index (χ0) is 33.0. The number of likely N-dealkylation sites (tertiary alicyclic amines) is 1. The summed E-state index contributed by atoms with van der Waals surface area (Å²) in [5.41, 5.74) is -0.710. The molecular weight excluding hydrogens is 654 g/mol. The fourth-order valence-corrected chi connectivity index (χ4v) is 8.12. The van der Waals surface area contributed by atoms with Crippen molar-refractivity contribution in [2.75, 3.05) is 26.2 Å². The first-order valence-corrected chi connectivity index (χ1v) is 17.4. The Bertz CT molecular complexity index is 1350. The van der Waals surface area contributed by atoms with Crippen molar-refractivity contribution in [3.05, 3.63) is 58.6 Å². The highest BCUT2D eigenvalue weighted by molar-refractivity contribution is 9.11. The van der Waals surface area contributed by atoms with Crippen molar-refractivity contribution in [2.24, 2.45) is 17.8 Å². The molecule has 10 nitrogen and oxygen atoms in total. The minimum atomic E-state index is -1.41. The third kappa shape index (κ3) is 6.69. The number of fused-ring (bicyclic) bond motifs is 2. The summed E-state index contributed by atoms with van der Waals surface area (Å²) in [6, 6.07) is 7.45. The molecule has 0 radical (unpaired) electrons. The van der Waals surface area contributed by atoms with Crippen molar-refractivity contribution in [1.82, 2.24) is 15.1 Å². The van der Waals surface area contributed by atoms with Gasteiger partial charge < -0.3 is 29.7 Å². The van der Waals surface area contributed by atoms with Crippen LogP contribution in [0.1, 0.15) is 71.0 Å². The van der Waals surface area contributed by atoms with Crippen molar-refractivity contribution in [3.63, 3.8) is 0 Å². The van der Waals surface area contributed by atoms with Gasteiger partial charge in [0.15, 0.2) is 0 Å². The van der Waals surface area contributed by atoms with Gasteiger partial charge in [0.25, 0.3) is 0 Å². The van der Waals surface area contributed by atoms with Crippen molar-refractivity contribution in [1.29, 1.82) is 0 Å². The maximum atomic E-state index is 14.8. The topological polar surface area (TPSA) is 125 Å². The summed E-state index contributed by atoms with van der Waals surface area (Å²) < 4.78 is 13.3. The normalized spacial score (nSPS) is 31.5. The molecule has 2 saturated heterocycles. The second-order valence-electron chi connectivity index (χ2n) is 13.2. The highest BCUT2D eigenvalue weighted by Crippen LogP contribution is 2.59. The van der Waals surface area contributed by atoms with Gasteiger partial charge in [0, 0.05) is 24.0 Å². The molecule has 3 amide bonds. The van der Waals surface area contributed by atoms with Gasteiger partial charge in [-0.2, -0.15) is 0 Å². The highest BCUT2D eigenvalue weighted by atomic mass is 79.9. The molecule has 4 heterocycles. The number of benzene rings is 1. The number of esters is 1. The predicted molar refractivity (Wildman–Crippen MR) is 175 cm³/mol. The molecule has 4 aliphatic rings. The summed E-state index contributed by atoms with van der Waals surface area (Å²) in [5.74, 6) is -3.41. The van der Waals surface area contributed by atoms with Crippen LogP contribution in [0, 0.1) is 17.8 Å². The second kappa shape index (κ2) is 14.8. The van der Waals surface area contributed by atoms with Gasteiger partial charge in [0.2, 0.25) is 17.7 Å². The van der Waals surface area contributed by atoms with Crippen LogP contribution in [0.15, 0.2) is 53.0 Å². The van der Waals surface area contributed by atoms with Crippen molar-refractivity contribution in [3.8, 4) is 0 Å². The molecule has 0 aliphatic carbocycles. The monoisotopic (exact) mass is 699 g/mol. The summed E-state index contributed by atoms with van der Waals surface area (Å²) in [4.78, 5) is 59.6. The van der Waals surface area contributed by atoms with E-state index < -0.39 is 53.6 Å². The molecule has 4 aliphatic heterocycles. The van der Waals surface area contributed by atoms with Gasteiger partial charge in [0.05, 0.1) is 25.1 Å². The van der Waals surface area contributed by atoms with Gasteiger partial charge in [-0.15, -0.1) is 0 Å². The molecule has 5 rings (SSSR count). The largest absolute Gasteiger partial charge is 0.455 e. The van der Waals surface area contributed by atoms with E-state index in [9.17, 15) is 24.3 Å². The van der Waals surface area contributed by atoms with Gasteiger partial charge in [-0.25, -0.2) is 0 Å². The molecule has 2 N–H and O–H groups in total. The summed E-state index contributed by atoms with van der Waals surface area (Å²) in [5, 5.41) is 13.5. The SMILES string of the molecule is CCCCCN1C/C=C\CCC(=O)NC[C@@H](c2ccccc2)OC(=O)[C@@H]2[C@H]3O[C@@]4(C=C3Br)[C@H](C1=O)N([C@@H](CO)CC(C)C)C(=O)[C@@H]24. The maximum Gasteiger partial charge on any atom is 0.313 e. The van der Waals surface area contributed by atoms with Crippen LogP contribution < -0.4 is 5.32 Å². The number of hydrogen-bond donors (Lipinski definition) is 2. The molecule has 1 aromatic carbocycles. The van der Waals surface area contributed by atoms with Crippen LogP contribution in [0.4, 0.5) is 0 Å². The lowest BCUT2D eigenvalue weighted by Gasteiger charge is -2.39. The van der Waals surface area contributed by atoms with Crippen molar-refractivity contribution < 1.29 is 33.8 Å². The molecule has 11 heteroatoms. The van der Waals surface area contributed by atoms with E-state index in [0.29, 0.717) is 36.0 Å². The van der Waals surface area contributed by atoms with E-state index >= 15 is 0 Å². The van der Waals surface area contributed by atoms with E-state index in [1.54, 1.807) is 11.0 Å². The first-order valence-electron chi connectivity index (χ1n) is 16.6. The highest BCUT2D eigenvalue weighted by Gasteiger charge is 2.75. The van der Waals surface area contributed by atoms with E-state index in [1.165, 1.54) is 4.90 Å². The van der Waals surface area contributed by atoms with Crippen LogP contribution in [0.2, 0.25) is 0 Å². The summed E-state index contributed by atoms with van der Waals surface area (Å²) in [7, 11) is 0. The number of halogens is 1. The average Bonchev–Trinajstić information content (AvgIpc) is 3.63. The zero-order valence-corrected chi connectivity index (χ0v) is 28.5. The zero-order valence-electron chi connectivity index (χ0n) is 26.9. The number of unbranched alkanes of at least 4 members (excludes halogenated alkanes) is 2. The van der Waals surface area contributed by atoms with Crippen LogP contribution >= 0.6 is 15.9 Å². The van der Waals surface area contributed by atoms with Gasteiger partial charge in [-0.05, 0) is 36.8 Å². The number of cyclic esters (lactones) is 1. The number of nitrogens with one attached hydrogen (secondary N) is 1. The van der Waals surface area contributed by atoms with E-state index in [-0.39, 0.29) is 37.3 Å². The lowest BCUT2D eigenvalue weighted by Crippen LogP contribution is -2.58. The maximum absolute atomic E-state index is 14.8. The number of hydrogen-bond acceptors (Lipinski definition) is 7. The Hall–Kier alpha value is -3.02. The fraction of sp³-hybridized carbons (Fsp3) is 0.600. The second-order valence-corrected chi connectivity index (χ2v) is 14.1. The quantitative estimate of drug-likeness (QED) is 0.227. The molecule has 0 unspecified atom stereocenters. The first kappa shape index (κ1) is 34.3. The Morgan fingerprint density at radius 1 is 1.09 bits per heavy atom. The number of allylic oxidation sites excluding steroid dienone is 1. The minimum absolute atomic E-state index is 0.0662. The number of nitrogens with zero attached hydrogens (tertiary/aromatic N) is 2. The number of aliphatic hydroxyl groups excluding tert-OH is 1. The standard InChI is InChI=1S/C35H46BrN3O7/c1-4-5-11-16-38-17-12-7-10-15-27(41)37-20-26(23-13-8-6-9-14-23)45-34(44)28-29-32(42)39(24(21-40)18-22(2)3)31(33(38)43)35(29)19-25(36)30(28)46-35/h6-9,12-14,19,22,24,26,28-31,40H,4-5,10-11,15-18,20-21H2,1-3H3,(H,37,41)/b12-7-/t24-,26+,28+,29-,30+,31+,35-/m1/s1. The van der Waals surface area contributed by atoms with E-state index in [4.69, 9.17) is 9.47 Å². The molecule has 2 fully saturated rings. The summed E-state index contributed by atoms with van der Waals surface area (Å²) >= 11 is 3.60. The molecule has 7 atom stereocenters. The van der Waals surface area contributed by atoms with Gasteiger partial charge in [-0.1, -0.05) is 92.0 Å². The molecule has 250 valence electrons. The first-order chi connectivity index (χ1) is 22.1. The fourth-order valence-electron chi connectivity index (χ4n) is 7.38. The molecule has 1 aromatic rings. The summed E-state index contributed by atoms with van der Waals surface area (Å²) in [6.07, 6.45) is 7.85. The van der Waals surface area contributed by atoms with Crippen LogP contribution in [0.25, 0.3) is 0 Å². The molecular formula is C35H46BrN3O7. The number of carbonyl (C=O) groups excluding carboxylic acids is 4. The van der Waals surface area contributed by atoms with Crippen molar-refractivity contribution >= 4 is 39.6 Å². The molecule has 0 aromatic heterocycles. The van der Waals surface area contributed by atoms with Gasteiger partial charge in [0.1, 0.15) is 29.8 Å². The smallest absolute Gasteiger partial charge is 0.313 e. The Morgan fingerprint density at radius 2 is 1.85 bits per heavy atom. The van der Waals surface area contributed by atoms with Crippen LogP contribution in [0.3, 0.4) is 0 Å². The van der Waals surface area contributed by atoms with Crippen LogP contribution in [-0.2, 0) is 28.7 Å². The Morgan fingerprint density at radius 3 is 2.54 bits per heavy atom. The number of ether oxygens (including phenoxy) is 2. The number of carbonyl (C=O) groups is 4. The van der Waals surface area contributed by atoms with E-state index in [1.807, 2.05) is 56.3 Å². The Labute approximate surface area is 279 Å². The van der Waals surface area contributed by atoms with Crippen molar-refractivity contribution in [2.45, 2.75) is 89.2 Å². The average molecular weight is 701 g/mol. The number of aliphatic hydroxyl groups is 1. The number of rotatable bonds is 9. The molecule has 1 spiro atoms. The summed E-state index contributed by atoms with van der Waals surface area (Å²) in [6.45, 7) is 6.62. The third-order valence-corrected chi connectivity index (χ3v) is 10.2. The van der Waals surface area contributed by atoms with Gasteiger partial charge >= 0.3 is 5.97 Å². The van der Waals surface area contributed by atoms with Gasteiger partial charge in [-0.3, -0.25) is 19.2 Å². The van der Waals surface area contributed by atoms with E-state index in [0.717, 1.165) is 19.3 Å². The van der Waals surface area contributed by atoms with Crippen LogP contribution in [-0.4, -0.2) is 88.6 Å².